The van der Waals surface area contributed by atoms with E-state index in [0.29, 0.717) is 17.4 Å². The second kappa shape index (κ2) is 8.85. The first kappa shape index (κ1) is 22.9. The van der Waals surface area contributed by atoms with Gasteiger partial charge in [0.25, 0.3) is 0 Å². The van der Waals surface area contributed by atoms with Crippen molar-refractivity contribution < 1.29 is 13.2 Å². The van der Waals surface area contributed by atoms with Gasteiger partial charge in [-0.15, -0.1) is 10.2 Å². The Kier molecular flexibility index (Phi) is 5.63. The third kappa shape index (κ3) is 4.41. The van der Waals surface area contributed by atoms with Gasteiger partial charge in [-0.1, -0.05) is 12.1 Å². The average molecular weight is 494 g/mol. The number of likely N-dealkylation sites (tertiary alicyclic amines) is 1. The van der Waals surface area contributed by atoms with Gasteiger partial charge in [-0.05, 0) is 55.0 Å². The molecule has 10 heteroatoms. The van der Waals surface area contributed by atoms with Gasteiger partial charge in [0.15, 0.2) is 5.82 Å². The smallest absolute Gasteiger partial charge is 0.365 e. The number of nitrogens with one attached hydrogen (secondary N) is 1. The average Bonchev–Trinajstić information content (AvgIpc) is 3.52. The molecule has 36 heavy (non-hydrogen) atoms. The van der Waals surface area contributed by atoms with Gasteiger partial charge < -0.3 is 9.88 Å². The number of aromatic nitrogens is 5. The van der Waals surface area contributed by atoms with E-state index in [1.54, 1.807) is 30.7 Å². The van der Waals surface area contributed by atoms with E-state index in [9.17, 15) is 13.2 Å². The molecule has 0 amide bonds. The molecule has 1 aromatic carbocycles. The highest BCUT2D eigenvalue weighted by atomic mass is 19.4. The van der Waals surface area contributed by atoms with Crippen molar-refractivity contribution in [2.45, 2.75) is 31.6 Å². The van der Waals surface area contributed by atoms with Crippen LogP contribution in [0.5, 0.6) is 0 Å². The number of nitrogens with zero attached hydrogens (tertiary/aromatic N) is 6. The zero-order chi connectivity index (χ0) is 24.9. The lowest BCUT2D eigenvalue weighted by atomic mass is 10.0. The van der Waals surface area contributed by atoms with E-state index in [4.69, 9.17) is 0 Å². The molecular formula is C26H26F3N7. The van der Waals surface area contributed by atoms with E-state index in [-0.39, 0.29) is 17.6 Å². The molecule has 6 rings (SSSR count). The SMILES string of the molecule is Cn1cnc2ccc(-c3cc(C(F)(F)F)c(N[C@@H]4C[C@@H]5CN(Cc6ccccn6)C[C@@H]5C4)nn3)cc21. The predicted octanol–water partition coefficient (Wildman–Crippen LogP) is 4.77. The quantitative estimate of drug-likeness (QED) is 0.432. The van der Waals surface area contributed by atoms with Crippen LogP contribution < -0.4 is 5.32 Å². The minimum atomic E-state index is -4.54. The van der Waals surface area contributed by atoms with Crippen molar-refractivity contribution in [2.75, 3.05) is 18.4 Å². The van der Waals surface area contributed by atoms with Crippen LogP contribution >= 0.6 is 0 Å². The van der Waals surface area contributed by atoms with Crippen LogP contribution in [0.3, 0.4) is 0 Å². The van der Waals surface area contributed by atoms with E-state index in [1.807, 2.05) is 29.8 Å². The highest BCUT2D eigenvalue weighted by molar-refractivity contribution is 5.81. The molecule has 0 unspecified atom stereocenters. The summed E-state index contributed by atoms with van der Waals surface area (Å²) in [5, 5.41) is 11.3. The Balaban J connectivity index is 1.17. The van der Waals surface area contributed by atoms with Crippen LogP contribution in [0.15, 0.2) is 55.0 Å². The Labute approximate surface area is 206 Å². The standard InChI is InChI=1S/C26H26F3N7/c1-35-15-31-22-6-5-16(10-24(22)35)23-11-21(26(27,28)29)25(34-33-23)32-20-8-17-12-36(13-18(17)9-20)14-19-4-2-3-7-30-19/h2-7,10-11,15,17-18,20H,8-9,12-14H2,1H3,(H,32,34)/t17-,18+,20-. The van der Waals surface area contributed by atoms with Crippen LogP contribution in [-0.2, 0) is 19.8 Å². The van der Waals surface area contributed by atoms with E-state index in [1.165, 1.54) is 0 Å². The lowest BCUT2D eigenvalue weighted by molar-refractivity contribution is -0.137. The van der Waals surface area contributed by atoms with Gasteiger partial charge >= 0.3 is 6.18 Å². The second-order valence-electron chi connectivity index (χ2n) is 9.90. The topological polar surface area (TPSA) is 71.8 Å². The highest BCUT2D eigenvalue weighted by Crippen LogP contribution is 2.41. The molecule has 7 nitrogen and oxygen atoms in total. The molecule has 3 aromatic heterocycles. The molecule has 3 atom stereocenters. The van der Waals surface area contributed by atoms with Gasteiger partial charge in [0.1, 0.15) is 5.56 Å². The summed E-state index contributed by atoms with van der Waals surface area (Å²) in [6, 6.07) is 12.2. The summed E-state index contributed by atoms with van der Waals surface area (Å²) in [6.07, 6.45) is 0.567. The van der Waals surface area contributed by atoms with Crippen LogP contribution in [0.25, 0.3) is 22.3 Å². The van der Waals surface area contributed by atoms with Gasteiger partial charge in [0.2, 0.25) is 0 Å². The number of fused-ring (bicyclic) bond motifs is 2. The van der Waals surface area contributed by atoms with Crippen molar-refractivity contribution in [3.05, 3.63) is 66.2 Å². The molecule has 0 bridgehead atoms. The third-order valence-electron chi connectivity index (χ3n) is 7.40. The number of alkyl halides is 3. The van der Waals surface area contributed by atoms with Crippen LogP contribution in [-0.4, -0.2) is 48.8 Å². The summed E-state index contributed by atoms with van der Waals surface area (Å²) in [5.74, 6) is 0.722. The van der Waals surface area contributed by atoms with E-state index < -0.39 is 11.7 Å². The summed E-state index contributed by atoms with van der Waals surface area (Å²) in [7, 11) is 1.84. The lowest BCUT2D eigenvalue weighted by Crippen LogP contribution is -2.26. The number of pyridine rings is 1. The normalized spacial score (nSPS) is 22.3. The maximum absolute atomic E-state index is 14.0. The maximum Gasteiger partial charge on any atom is 0.420 e. The minimum absolute atomic E-state index is 0.0518. The van der Waals surface area contributed by atoms with Crippen molar-refractivity contribution in [2.24, 2.45) is 18.9 Å². The summed E-state index contributed by atoms with van der Waals surface area (Å²) >= 11 is 0. The fourth-order valence-corrected chi connectivity index (χ4v) is 5.70. The largest absolute Gasteiger partial charge is 0.420 e. The molecule has 1 saturated heterocycles. The van der Waals surface area contributed by atoms with Gasteiger partial charge in [-0.25, -0.2) is 4.98 Å². The molecule has 1 saturated carbocycles. The third-order valence-corrected chi connectivity index (χ3v) is 7.40. The van der Waals surface area contributed by atoms with Crippen molar-refractivity contribution in [1.29, 1.82) is 0 Å². The number of benzene rings is 1. The molecule has 1 N–H and O–H groups in total. The Morgan fingerprint density at radius 1 is 1.00 bits per heavy atom. The number of hydrogen-bond acceptors (Lipinski definition) is 6. The molecule has 2 fully saturated rings. The van der Waals surface area contributed by atoms with Crippen molar-refractivity contribution in [3.63, 3.8) is 0 Å². The van der Waals surface area contributed by atoms with Gasteiger partial charge in [-0.3, -0.25) is 9.88 Å². The first-order chi connectivity index (χ1) is 17.3. The van der Waals surface area contributed by atoms with E-state index in [0.717, 1.165) is 55.3 Å². The van der Waals surface area contributed by atoms with Gasteiger partial charge in [0.05, 0.1) is 28.7 Å². The molecule has 0 radical (unpaired) electrons. The van der Waals surface area contributed by atoms with Gasteiger partial charge in [0, 0.05) is 44.5 Å². The number of imidazole rings is 1. The fraction of sp³-hybridized carbons (Fsp3) is 0.385. The second-order valence-corrected chi connectivity index (χ2v) is 9.90. The fourth-order valence-electron chi connectivity index (χ4n) is 5.70. The molecule has 186 valence electrons. The summed E-state index contributed by atoms with van der Waals surface area (Å²) < 4.78 is 43.9. The first-order valence-electron chi connectivity index (χ1n) is 12.1. The molecule has 1 aliphatic heterocycles. The van der Waals surface area contributed by atoms with E-state index in [2.05, 4.69) is 30.4 Å². The van der Waals surface area contributed by atoms with Crippen LogP contribution in [0.4, 0.5) is 19.0 Å². The first-order valence-corrected chi connectivity index (χ1v) is 12.1. The van der Waals surface area contributed by atoms with Crippen LogP contribution in [0.1, 0.15) is 24.1 Å². The number of anilines is 1. The zero-order valence-corrected chi connectivity index (χ0v) is 19.8. The maximum atomic E-state index is 14.0. The molecule has 0 spiro atoms. The molecule has 1 aliphatic carbocycles. The Morgan fingerprint density at radius 3 is 2.53 bits per heavy atom. The number of aryl methyl sites for hydroxylation is 1. The van der Waals surface area contributed by atoms with Crippen molar-refractivity contribution in [1.82, 2.24) is 29.6 Å². The minimum Gasteiger partial charge on any atom is -0.365 e. The summed E-state index contributed by atoms with van der Waals surface area (Å²) in [5.41, 5.74) is 2.60. The van der Waals surface area contributed by atoms with Crippen molar-refractivity contribution >= 4 is 16.9 Å². The summed E-state index contributed by atoms with van der Waals surface area (Å²) in [4.78, 5) is 11.1. The number of rotatable bonds is 5. The zero-order valence-electron chi connectivity index (χ0n) is 19.8. The predicted molar refractivity (Wildman–Crippen MR) is 130 cm³/mol. The molecular weight excluding hydrogens is 467 g/mol. The van der Waals surface area contributed by atoms with Gasteiger partial charge in [-0.2, -0.15) is 13.2 Å². The number of hydrogen-bond donors (Lipinski definition) is 1. The van der Waals surface area contributed by atoms with Crippen LogP contribution in [0.2, 0.25) is 0 Å². The molecule has 4 heterocycles. The lowest BCUT2D eigenvalue weighted by Gasteiger charge is -2.21. The molecule has 2 aliphatic rings. The Hall–Kier alpha value is -3.53. The monoisotopic (exact) mass is 493 g/mol. The molecule has 4 aromatic rings. The highest BCUT2D eigenvalue weighted by Gasteiger charge is 2.42. The van der Waals surface area contributed by atoms with Crippen molar-refractivity contribution in [3.8, 4) is 11.3 Å². The Morgan fingerprint density at radius 2 is 1.81 bits per heavy atom. The Bertz CT molecular complexity index is 1370. The van der Waals surface area contributed by atoms with E-state index >= 15 is 0 Å². The van der Waals surface area contributed by atoms with Crippen LogP contribution in [0, 0.1) is 11.8 Å². The number of halogens is 3. The summed E-state index contributed by atoms with van der Waals surface area (Å²) in [6.45, 7) is 2.68.